The number of aromatic nitrogens is 2. The lowest BCUT2D eigenvalue weighted by atomic mass is 9.97. The van der Waals surface area contributed by atoms with Crippen molar-refractivity contribution in [3.05, 3.63) is 33.2 Å². The van der Waals surface area contributed by atoms with Crippen LogP contribution in [-0.4, -0.2) is 9.97 Å². The molecule has 0 aliphatic rings. The van der Waals surface area contributed by atoms with Gasteiger partial charge in [-0.3, -0.25) is 0 Å². The summed E-state index contributed by atoms with van der Waals surface area (Å²) in [6.07, 6.45) is 4.26. The van der Waals surface area contributed by atoms with Crippen LogP contribution < -0.4 is 0 Å². The molecule has 0 bridgehead atoms. The second-order valence-corrected chi connectivity index (χ2v) is 5.81. The van der Waals surface area contributed by atoms with Crippen LogP contribution in [0.2, 0.25) is 0 Å². The summed E-state index contributed by atoms with van der Waals surface area (Å²) in [7, 11) is 0. The molecule has 2 nitrogen and oxygen atoms in total. The third kappa shape index (κ3) is 2.89. The van der Waals surface area contributed by atoms with Gasteiger partial charge < -0.3 is 0 Å². The van der Waals surface area contributed by atoms with Gasteiger partial charge in [0.05, 0.1) is 16.2 Å². The molecule has 0 fully saturated rings. The van der Waals surface area contributed by atoms with E-state index in [0.717, 1.165) is 0 Å². The highest BCUT2D eigenvalue weighted by molar-refractivity contribution is 7.09. The quantitative estimate of drug-likeness (QED) is 0.793. The van der Waals surface area contributed by atoms with Crippen molar-refractivity contribution in [3.8, 4) is 0 Å². The highest BCUT2D eigenvalue weighted by Crippen LogP contribution is 2.28. The first-order valence-corrected chi connectivity index (χ1v) is 7.37. The van der Waals surface area contributed by atoms with Crippen molar-refractivity contribution in [2.45, 2.75) is 38.5 Å². The number of nitrogens with zero attached hydrogens (tertiary/aromatic N) is 2. The summed E-state index contributed by atoms with van der Waals surface area (Å²) < 4.78 is 0. The molecule has 0 aromatic carbocycles. The summed E-state index contributed by atoms with van der Waals surface area (Å²) in [6.45, 7) is 4.51. The number of hydrogen-bond donors (Lipinski definition) is 0. The predicted octanol–water partition coefficient (Wildman–Crippen LogP) is 4.29. The topological polar surface area (TPSA) is 25.8 Å². The van der Waals surface area contributed by atoms with E-state index in [1.165, 1.54) is 23.5 Å². The molecular weight excluding hydrogens is 236 g/mol. The minimum absolute atomic E-state index is 0.564. The standard InChI is InChI=1S/C12H16N2S2/c1-9(11-7-15-8-14-11)3-4-10(2)12-13-5-6-16-12/h5-10H,3-4H2,1-2H3. The van der Waals surface area contributed by atoms with Crippen LogP contribution in [0.25, 0.3) is 0 Å². The van der Waals surface area contributed by atoms with Gasteiger partial charge in [-0.05, 0) is 18.8 Å². The molecular formula is C12H16N2S2. The molecule has 0 radical (unpaired) electrons. The van der Waals surface area contributed by atoms with E-state index in [9.17, 15) is 0 Å². The lowest BCUT2D eigenvalue weighted by molar-refractivity contribution is 0.565. The van der Waals surface area contributed by atoms with Crippen LogP contribution in [-0.2, 0) is 0 Å². The Labute approximate surface area is 104 Å². The predicted molar refractivity (Wildman–Crippen MR) is 70.3 cm³/mol. The maximum absolute atomic E-state index is 4.36. The van der Waals surface area contributed by atoms with Crippen LogP contribution in [0.4, 0.5) is 0 Å². The Morgan fingerprint density at radius 2 is 2.00 bits per heavy atom. The molecule has 0 aliphatic heterocycles. The van der Waals surface area contributed by atoms with Gasteiger partial charge in [0.2, 0.25) is 0 Å². The zero-order valence-electron chi connectivity index (χ0n) is 9.59. The van der Waals surface area contributed by atoms with Crippen molar-refractivity contribution in [1.29, 1.82) is 0 Å². The highest BCUT2D eigenvalue weighted by atomic mass is 32.1. The van der Waals surface area contributed by atoms with Crippen molar-refractivity contribution in [2.24, 2.45) is 0 Å². The summed E-state index contributed by atoms with van der Waals surface area (Å²) in [4.78, 5) is 8.72. The van der Waals surface area contributed by atoms with E-state index in [0.29, 0.717) is 11.8 Å². The van der Waals surface area contributed by atoms with E-state index in [1.54, 1.807) is 22.7 Å². The average molecular weight is 252 g/mol. The fourth-order valence-electron chi connectivity index (χ4n) is 1.71. The number of rotatable bonds is 5. The molecule has 2 rings (SSSR count). The fraction of sp³-hybridized carbons (Fsp3) is 0.500. The van der Waals surface area contributed by atoms with Gasteiger partial charge in [-0.15, -0.1) is 22.7 Å². The first-order chi connectivity index (χ1) is 7.77. The van der Waals surface area contributed by atoms with Gasteiger partial charge in [-0.1, -0.05) is 13.8 Å². The van der Waals surface area contributed by atoms with Crippen molar-refractivity contribution in [3.63, 3.8) is 0 Å². The van der Waals surface area contributed by atoms with Crippen LogP contribution in [0.3, 0.4) is 0 Å². The molecule has 2 aromatic rings. The van der Waals surface area contributed by atoms with Crippen molar-refractivity contribution in [2.75, 3.05) is 0 Å². The third-order valence-electron chi connectivity index (χ3n) is 2.86. The van der Waals surface area contributed by atoms with E-state index in [2.05, 4.69) is 34.6 Å². The van der Waals surface area contributed by atoms with E-state index in [1.807, 2.05) is 11.7 Å². The molecule has 2 heterocycles. The van der Waals surface area contributed by atoms with E-state index in [4.69, 9.17) is 0 Å². The summed E-state index contributed by atoms with van der Waals surface area (Å²) in [5.41, 5.74) is 3.15. The van der Waals surface area contributed by atoms with E-state index < -0.39 is 0 Å². The van der Waals surface area contributed by atoms with Gasteiger partial charge in [0.1, 0.15) is 0 Å². The molecule has 0 spiro atoms. The molecule has 4 heteroatoms. The lowest BCUT2D eigenvalue weighted by Gasteiger charge is -2.12. The van der Waals surface area contributed by atoms with Gasteiger partial charge in [0, 0.05) is 22.9 Å². The van der Waals surface area contributed by atoms with Gasteiger partial charge in [-0.2, -0.15) is 0 Å². The average Bonchev–Trinajstić information content (AvgIpc) is 2.95. The highest BCUT2D eigenvalue weighted by Gasteiger charge is 2.12. The Kier molecular flexibility index (Phi) is 4.07. The Hall–Kier alpha value is -0.740. The van der Waals surface area contributed by atoms with Crippen molar-refractivity contribution < 1.29 is 0 Å². The Bertz CT molecular complexity index is 354. The first kappa shape index (κ1) is 11.7. The lowest BCUT2D eigenvalue weighted by Crippen LogP contribution is -1.98. The van der Waals surface area contributed by atoms with E-state index >= 15 is 0 Å². The Morgan fingerprint density at radius 3 is 2.62 bits per heavy atom. The number of hydrogen-bond acceptors (Lipinski definition) is 4. The van der Waals surface area contributed by atoms with Crippen LogP contribution >= 0.6 is 22.7 Å². The minimum atomic E-state index is 0.564. The molecule has 2 atom stereocenters. The molecule has 2 aromatic heterocycles. The minimum Gasteiger partial charge on any atom is -0.249 e. The van der Waals surface area contributed by atoms with Gasteiger partial charge in [0.25, 0.3) is 0 Å². The fourth-order valence-corrected chi connectivity index (χ4v) is 3.12. The summed E-state index contributed by atoms with van der Waals surface area (Å²) in [5, 5.41) is 5.46. The molecule has 0 saturated heterocycles. The zero-order chi connectivity index (χ0) is 11.4. The normalized spacial score (nSPS) is 14.9. The van der Waals surface area contributed by atoms with Gasteiger partial charge in [-0.25, -0.2) is 9.97 Å². The molecule has 86 valence electrons. The van der Waals surface area contributed by atoms with Gasteiger partial charge in [0.15, 0.2) is 0 Å². The molecule has 0 aliphatic carbocycles. The van der Waals surface area contributed by atoms with Crippen molar-refractivity contribution >= 4 is 22.7 Å². The Balaban J connectivity index is 1.84. The Morgan fingerprint density at radius 1 is 1.19 bits per heavy atom. The monoisotopic (exact) mass is 252 g/mol. The molecule has 0 amide bonds. The largest absolute Gasteiger partial charge is 0.249 e. The second kappa shape index (κ2) is 5.55. The van der Waals surface area contributed by atoms with Crippen LogP contribution in [0.5, 0.6) is 0 Å². The third-order valence-corrected chi connectivity index (χ3v) is 4.47. The molecule has 0 N–H and O–H groups in total. The maximum Gasteiger partial charge on any atom is 0.0953 e. The SMILES string of the molecule is CC(CCC(C)c1nccs1)c1cscn1. The van der Waals surface area contributed by atoms with Gasteiger partial charge >= 0.3 is 0 Å². The van der Waals surface area contributed by atoms with Crippen LogP contribution in [0, 0.1) is 0 Å². The summed E-state index contributed by atoms with van der Waals surface area (Å²) >= 11 is 3.43. The number of thiazole rings is 2. The zero-order valence-corrected chi connectivity index (χ0v) is 11.2. The van der Waals surface area contributed by atoms with E-state index in [-0.39, 0.29) is 0 Å². The summed E-state index contributed by atoms with van der Waals surface area (Å²) in [5.74, 6) is 1.13. The molecule has 16 heavy (non-hydrogen) atoms. The first-order valence-electron chi connectivity index (χ1n) is 5.55. The maximum atomic E-state index is 4.36. The van der Waals surface area contributed by atoms with Crippen molar-refractivity contribution in [1.82, 2.24) is 9.97 Å². The second-order valence-electron chi connectivity index (χ2n) is 4.16. The molecule has 2 unspecified atom stereocenters. The summed E-state index contributed by atoms with van der Waals surface area (Å²) in [6, 6.07) is 0. The van der Waals surface area contributed by atoms with Crippen LogP contribution in [0.15, 0.2) is 22.5 Å². The smallest absolute Gasteiger partial charge is 0.0953 e. The molecule has 0 saturated carbocycles. The van der Waals surface area contributed by atoms with Crippen LogP contribution in [0.1, 0.15) is 49.2 Å².